The topological polar surface area (TPSA) is 52.6 Å². The largest absolute Gasteiger partial charge is 0.395 e. The molecule has 0 bridgehead atoms. The molecule has 1 aliphatic heterocycles. The van der Waals surface area contributed by atoms with Crippen LogP contribution in [0, 0.1) is 0 Å². The number of amides is 1. The molecule has 1 saturated heterocycles. The second-order valence-electron chi connectivity index (χ2n) is 2.97. The van der Waals surface area contributed by atoms with Gasteiger partial charge in [0.2, 0.25) is 5.91 Å². The summed E-state index contributed by atoms with van der Waals surface area (Å²) in [5.74, 6) is 0.0946. The van der Waals surface area contributed by atoms with Crippen molar-refractivity contribution in [1.82, 2.24) is 10.2 Å². The van der Waals surface area contributed by atoms with E-state index in [2.05, 4.69) is 5.32 Å². The third-order valence-corrected chi connectivity index (χ3v) is 2.22. The fraction of sp³-hybridized carbons (Fsp3) is 0.875. The molecule has 1 heterocycles. The Morgan fingerprint density at radius 1 is 1.75 bits per heavy atom. The Kier molecular flexibility index (Phi) is 3.49. The minimum absolute atomic E-state index is 0.0362. The highest BCUT2D eigenvalue weighted by Gasteiger charge is 2.26. The van der Waals surface area contributed by atoms with Crippen LogP contribution in [0.1, 0.15) is 13.3 Å². The zero-order valence-corrected chi connectivity index (χ0v) is 7.42. The van der Waals surface area contributed by atoms with Crippen molar-refractivity contribution in [1.29, 1.82) is 0 Å². The van der Waals surface area contributed by atoms with Gasteiger partial charge < -0.3 is 10.4 Å². The Bertz CT molecular complexity index is 159. The van der Waals surface area contributed by atoms with E-state index < -0.39 is 0 Å². The molecule has 12 heavy (non-hydrogen) atoms. The van der Waals surface area contributed by atoms with E-state index in [4.69, 9.17) is 5.11 Å². The lowest BCUT2D eigenvalue weighted by Gasteiger charge is -2.33. The SMILES string of the molecule is CCC1C(=O)NCCN1CCO. The van der Waals surface area contributed by atoms with E-state index in [1.807, 2.05) is 11.8 Å². The minimum atomic E-state index is -0.0362. The Hall–Kier alpha value is -0.610. The Labute approximate surface area is 72.6 Å². The van der Waals surface area contributed by atoms with E-state index in [9.17, 15) is 4.79 Å². The van der Waals surface area contributed by atoms with E-state index in [1.54, 1.807) is 0 Å². The van der Waals surface area contributed by atoms with Crippen LogP contribution in [0.3, 0.4) is 0 Å². The summed E-state index contributed by atoms with van der Waals surface area (Å²) in [5.41, 5.74) is 0. The molecule has 4 nitrogen and oxygen atoms in total. The Balaban J connectivity index is 2.51. The molecule has 1 unspecified atom stereocenters. The highest BCUT2D eigenvalue weighted by atomic mass is 16.3. The molecule has 1 atom stereocenters. The summed E-state index contributed by atoms with van der Waals surface area (Å²) in [6.45, 7) is 4.27. The van der Waals surface area contributed by atoms with Crippen molar-refractivity contribution in [3.8, 4) is 0 Å². The van der Waals surface area contributed by atoms with Crippen molar-refractivity contribution < 1.29 is 9.90 Å². The molecule has 0 aliphatic carbocycles. The van der Waals surface area contributed by atoms with Gasteiger partial charge in [0.25, 0.3) is 0 Å². The Morgan fingerprint density at radius 3 is 3.08 bits per heavy atom. The van der Waals surface area contributed by atoms with Crippen LogP contribution >= 0.6 is 0 Å². The Morgan fingerprint density at radius 2 is 2.50 bits per heavy atom. The van der Waals surface area contributed by atoms with E-state index in [0.29, 0.717) is 13.1 Å². The first-order valence-corrected chi connectivity index (χ1v) is 4.42. The maximum Gasteiger partial charge on any atom is 0.237 e. The van der Waals surface area contributed by atoms with Crippen molar-refractivity contribution in [2.24, 2.45) is 0 Å². The molecule has 1 fully saturated rings. The maximum absolute atomic E-state index is 11.3. The molecule has 0 saturated carbocycles. The van der Waals surface area contributed by atoms with Gasteiger partial charge in [0.15, 0.2) is 0 Å². The summed E-state index contributed by atoms with van der Waals surface area (Å²) in [5, 5.41) is 11.6. The number of nitrogens with one attached hydrogen (secondary N) is 1. The molecular formula is C8H16N2O2. The van der Waals surface area contributed by atoms with Gasteiger partial charge in [0, 0.05) is 19.6 Å². The average Bonchev–Trinajstić information content (AvgIpc) is 2.05. The number of hydrogen-bond acceptors (Lipinski definition) is 3. The molecule has 1 rings (SSSR count). The number of carbonyl (C=O) groups is 1. The molecule has 0 spiro atoms. The number of rotatable bonds is 3. The molecule has 0 aromatic rings. The number of piperazine rings is 1. The quantitative estimate of drug-likeness (QED) is 0.585. The summed E-state index contributed by atoms with van der Waals surface area (Å²) in [4.78, 5) is 13.3. The standard InChI is InChI=1S/C8H16N2O2/c1-2-7-8(12)9-3-4-10(7)5-6-11/h7,11H,2-6H2,1H3,(H,9,12). The van der Waals surface area contributed by atoms with Gasteiger partial charge in [-0.1, -0.05) is 6.92 Å². The lowest BCUT2D eigenvalue weighted by Crippen LogP contribution is -2.55. The number of carbonyl (C=O) groups excluding carboxylic acids is 1. The number of aliphatic hydroxyl groups is 1. The van der Waals surface area contributed by atoms with Gasteiger partial charge in [-0.05, 0) is 6.42 Å². The summed E-state index contributed by atoms with van der Waals surface area (Å²) in [6, 6.07) is -0.0362. The zero-order valence-electron chi connectivity index (χ0n) is 7.42. The van der Waals surface area contributed by atoms with Gasteiger partial charge >= 0.3 is 0 Å². The summed E-state index contributed by atoms with van der Waals surface area (Å²) < 4.78 is 0. The molecule has 4 heteroatoms. The third-order valence-electron chi connectivity index (χ3n) is 2.22. The maximum atomic E-state index is 11.3. The van der Waals surface area contributed by atoms with Crippen LogP contribution in [0.4, 0.5) is 0 Å². The van der Waals surface area contributed by atoms with Crippen molar-refractivity contribution >= 4 is 5.91 Å². The first-order valence-electron chi connectivity index (χ1n) is 4.42. The number of nitrogens with zero attached hydrogens (tertiary/aromatic N) is 1. The smallest absolute Gasteiger partial charge is 0.237 e. The van der Waals surface area contributed by atoms with E-state index in [1.165, 1.54) is 0 Å². The van der Waals surface area contributed by atoms with Crippen LogP contribution in [-0.4, -0.2) is 48.2 Å². The summed E-state index contributed by atoms with van der Waals surface area (Å²) in [7, 11) is 0. The van der Waals surface area contributed by atoms with Crippen LogP contribution in [0.5, 0.6) is 0 Å². The molecule has 70 valence electrons. The highest BCUT2D eigenvalue weighted by molar-refractivity contribution is 5.82. The third kappa shape index (κ3) is 1.95. The van der Waals surface area contributed by atoms with E-state index in [0.717, 1.165) is 13.0 Å². The zero-order chi connectivity index (χ0) is 8.97. The normalized spacial score (nSPS) is 25.5. The van der Waals surface area contributed by atoms with Crippen LogP contribution in [0.15, 0.2) is 0 Å². The highest BCUT2D eigenvalue weighted by Crippen LogP contribution is 2.06. The van der Waals surface area contributed by atoms with E-state index in [-0.39, 0.29) is 18.6 Å². The van der Waals surface area contributed by atoms with Crippen molar-refractivity contribution in [2.75, 3.05) is 26.2 Å². The second-order valence-corrected chi connectivity index (χ2v) is 2.97. The van der Waals surface area contributed by atoms with Crippen LogP contribution < -0.4 is 5.32 Å². The molecule has 0 aromatic carbocycles. The van der Waals surface area contributed by atoms with Crippen molar-refractivity contribution in [3.05, 3.63) is 0 Å². The van der Waals surface area contributed by atoms with Crippen LogP contribution in [0.2, 0.25) is 0 Å². The van der Waals surface area contributed by atoms with Gasteiger partial charge in [0.05, 0.1) is 12.6 Å². The summed E-state index contributed by atoms with van der Waals surface area (Å²) in [6.07, 6.45) is 0.811. The van der Waals surface area contributed by atoms with Crippen LogP contribution in [0.25, 0.3) is 0 Å². The fourth-order valence-electron chi connectivity index (χ4n) is 1.60. The predicted octanol–water partition coefficient (Wildman–Crippen LogP) is -0.811. The van der Waals surface area contributed by atoms with Crippen LogP contribution in [-0.2, 0) is 4.79 Å². The molecule has 2 N–H and O–H groups in total. The number of hydrogen-bond donors (Lipinski definition) is 2. The first kappa shape index (κ1) is 9.48. The van der Waals surface area contributed by atoms with Gasteiger partial charge in [-0.2, -0.15) is 0 Å². The molecule has 0 aromatic heterocycles. The second kappa shape index (κ2) is 4.42. The number of β-amino-alcohol motifs (C(OH)–C–C–N with tert-alkyl or cyclic N) is 1. The summed E-state index contributed by atoms with van der Waals surface area (Å²) >= 11 is 0. The van der Waals surface area contributed by atoms with Gasteiger partial charge in [-0.25, -0.2) is 0 Å². The fourth-order valence-corrected chi connectivity index (χ4v) is 1.60. The van der Waals surface area contributed by atoms with E-state index >= 15 is 0 Å². The minimum Gasteiger partial charge on any atom is -0.395 e. The van der Waals surface area contributed by atoms with Gasteiger partial charge in [-0.3, -0.25) is 9.69 Å². The molecule has 0 radical (unpaired) electrons. The first-order chi connectivity index (χ1) is 5.79. The van der Waals surface area contributed by atoms with Crippen molar-refractivity contribution in [3.63, 3.8) is 0 Å². The van der Waals surface area contributed by atoms with Crippen molar-refractivity contribution in [2.45, 2.75) is 19.4 Å². The molecule has 1 aliphatic rings. The predicted molar refractivity (Wildman–Crippen MR) is 45.7 cm³/mol. The molecular weight excluding hydrogens is 156 g/mol. The van der Waals surface area contributed by atoms with Gasteiger partial charge in [0.1, 0.15) is 0 Å². The van der Waals surface area contributed by atoms with Gasteiger partial charge in [-0.15, -0.1) is 0 Å². The molecule has 1 amide bonds. The average molecular weight is 172 g/mol. The monoisotopic (exact) mass is 172 g/mol. The lowest BCUT2D eigenvalue weighted by molar-refractivity contribution is -0.129. The lowest BCUT2D eigenvalue weighted by atomic mass is 10.1. The number of aliphatic hydroxyl groups excluding tert-OH is 1.